The molecular formula is C24H25FN2O4. The molecule has 7 heteroatoms. The number of nitrogens with zero attached hydrogens (tertiary/aromatic N) is 2. The third-order valence-electron chi connectivity index (χ3n) is 6.02. The number of aryl methyl sites for hydroxylation is 1. The third-order valence-corrected chi connectivity index (χ3v) is 6.02. The van der Waals surface area contributed by atoms with Gasteiger partial charge in [-0.05, 0) is 68.5 Å². The minimum atomic E-state index is -0.940. The molecule has 2 heterocycles. The summed E-state index contributed by atoms with van der Waals surface area (Å²) < 4.78 is 21.2. The molecule has 0 spiro atoms. The zero-order valence-electron chi connectivity index (χ0n) is 17.6. The second-order valence-electron chi connectivity index (χ2n) is 8.08. The Kier molecular flexibility index (Phi) is 5.67. The fourth-order valence-electron chi connectivity index (χ4n) is 4.46. The lowest BCUT2D eigenvalue weighted by Gasteiger charge is -2.31. The van der Waals surface area contributed by atoms with Crippen LogP contribution in [0.5, 0.6) is 5.75 Å². The van der Waals surface area contributed by atoms with Crippen molar-refractivity contribution in [3.8, 4) is 5.75 Å². The minimum absolute atomic E-state index is 0.114. The summed E-state index contributed by atoms with van der Waals surface area (Å²) in [7, 11) is 0. The van der Waals surface area contributed by atoms with Gasteiger partial charge in [-0.15, -0.1) is 0 Å². The maximum Gasteiger partial charge on any atom is 0.415 e. The molecular weight excluding hydrogens is 399 g/mol. The molecule has 0 radical (unpaired) electrons. The van der Waals surface area contributed by atoms with Crippen LogP contribution in [-0.2, 0) is 11.3 Å². The molecule has 6 nitrogen and oxygen atoms in total. The Morgan fingerprint density at radius 1 is 1.10 bits per heavy atom. The Morgan fingerprint density at radius 3 is 2.42 bits per heavy atom. The van der Waals surface area contributed by atoms with Gasteiger partial charge in [-0.25, -0.2) is 9.18 Å². The van der Waals surface area contributed by atoms with Gasteiger partial charge in [0.1, 0.15) is 18.1 Å². The summed E-state index contributed by atoms with van der Waals surface area (Å²) in [6.45, 7) is 4.73. The number of halogens is 1. The van der Waals surface area contributed by atoms with E-state index in [2.05, 4.69) is 0 Å². The number of fused-ring (bicyclic) bond motifs is 1. The van der Waals surface area contributed by atoms with E-state index in [1.165, 1.54) is 12.1 Å². The van der Waals surface area contributed by atoms with Crippen LogP contribution in [0.25, 0.3) is 10.9 Å². The largest absolute Gasteiger partial charge is 0.480 e. The molecule has 162 valence electrons. The lowest BCUT2D eigenvalue weighted by molar-refractivity contribution is -0.137. The average Bonchev–Trinajstić information content (AvgIpc) is 3.00. The molecule has 1 fully saturated rings. The number of hydrogen-bond donors (Lipinski definition) is 1. The van der Waals surface area contributed by atoms with Crippen LogP contribution in [0.3, 0.4) is 0 Å². The molecule has 0 aliphatic carbocycles. The molecule has 1 aliphatic heterocycles. The summed E-state index contributed by atoms with van der Waals surface area (Å²) in [6.07, 6.45) is 1.03. The van der Waals surface area contributed by atoms with E-state index in [-0.39, 0.29) is 24.4 Å². The molecule has 0 unspecified atom stereocenters. The van der Waals surface area contributed by atoms with Gasteiger partial charge in [0.15, 0.2) is 0 Å². The van der Waals surface area contributed by atoms with Crippen LogP contribution >= 0.6 is 0 Å². The van der Waals surface area contributed by atoms with Crippen molar-refractivity contribution in [2.75, 3.05) is 13.1 Å². The van der Waals surface area contributed by atoms with E-state index in [1.807, 2.05) is 26.0 Å². The number of benzene rings is 2. The second kappa shape index (κ2) is 8.41. The number of carbonyl (C=O) groups is 2. The number of likely N-dealkylation sites (tertiary alicyclic amines) is 1. The quantitative estimate of drug-likeness (QED) is 0.649. The number of piperidine rings is 1. The Balaban J connectivity index is 1.52. The lowest BCUT2D eigenvalue weighted by atomic mass is 9.87. The minimum Gasteiger partial charge on any atom is -0.480 e. The van der Waals surface area contributed by atoms with Crippen molar-refractivity contribution in [3.63, 3.8) is 0 Å². The smallest absolute Gasteiger partial charge is 0.415 e. The van der Waals surface area contributed by atoms with Gasteiger partial charge in [-0.1, -0.05) is 17.7 Å². The first-order valence-corrected chi connectivity index (χ1v) is 10.4. The SMILES string of the molecule is Cc1ccc(OC(=O)N2CCC(c3c(C)n(CC(=O)O)c4ccc(F)cc34)CC2)cc1. The van der Waals surface area contributed by atoms with Gasteiger partial charge >= 0.3 is 12.1 Å². The Labute approximate surface area is 179 Å². The Bertz CT molecular complexity index is 1130. The van der Waals surface area contributed by atoms with Gasteiger partial charge < -0.3 is 19.3 Å². The van der Waals surface area contributed by atoms with Crippen LogP contribution in [0.2, 0.25) is 0 Å². The third kappa shape index (κ3) is 4.26. The number of ether oxygens (including phenoxy) is 1. The Morgan fingerprint density at radius 2 is 1.77 bits per heavy atom. The van der Waals surface area contributed by atoms with Crippen LogP contribution in [0.4, 0.5) is 9.18 Å². The van der Waals surface area contributed by atoms with E-state index in [0.717, 1.165) is 27.7 Å². The topological polar surface area (TPSA) is 71.8 Å². The number of hydrogen-bond acceptors (Lipinski definition) is 3. The number of carbonyl (C=O) groups excluding carboxylic acids is 1. The fraction of sp³-hybridized carbons (Fsp3) is 0.333. The summed E-state index contributed by atoms with van der Waals surface area (Å²) in [6, 6.07) is 11.8. The van der Waals surface area contributed by atoms with E-state index in [1.54, 1.807) is 27.7 Å². The molecule has 0 bridgehead atoms. The first-order chi connectivity index (χ1) is 14.8. The molecule has 3 aromatic rings. The summed E-state index contributed by atoms with van der Waals surface area (Å²) in [5.74, 6) is -0.659. The molecule has 1 amide bonds. The van der Waals surface area contributed by atoms with Gasteiger partial charge in [-0.3, -0.25) is 4.79 Å². The molecule has 0 atom stereocenters. The highest BCUT2D eigenvalue weighted by atomic mass is 19.1. The summed E-state index contributed by atoms with van der Waals surface area (Å²) in [4.78, 5) is 25.6. The maximum absolute atomic E-state index is 14.0. The van der Waals surface area contributed by atoms with Gasteiger partial charge in [-0.2, -0.15) is 0 Å². The van der Waals surface area contributed by atoms with Gasteiger partial charge in [0.25, 0.3) is 0 Å². The van der Waals surface area contributed by atoms with Crippen molar-refractivity contribution in [1.82, 2.24) is 9.47 Å². The van der Waals surface area contributed by atoms with E-state index in [9.17, 15) is 19.1 Å². The summed E-state index contributed by atoms with van der Waals surface area (Å²) in [5.41, 5.74) is 3.62. The molecule has 1 aliphatic rings. The standard InChI is InChI=1S/C24H25FN2O4/c1-15-3-6-19(7-4-15)31-24(30)26-11-9-17(10-12-26)23-16(2)27(14-22(28)29)21-8-5-18(25)13-20(21)23/h3-8,13,17H,9-12,14H2,1-2H3,(H,28,29). The summed E-state index contributed by atoms with van der Waals surface area (Å²) in [5, 5.41) is 10.1. The zero-order chi connectivity index (χ0) is 22.1. The van der Waals surface area contributed by atoms with Gasteiger partial charge in [0.05, 0.1) is 0 Å². The Hall–Kier alpha value is -3.35. The second-order valence-corrected chi connectivity index (χ2v) is 8.08. The van der Waals surface area contributed by atoms with Crippen molar-refractivity contribution in [3.05, 3.63) is 65.1 Å². The monoisotopic (exact) mass is 424 g/mol. The van der Waals surface area contributed by atoms with Crippen LogP contribution in [0, 0.1) is 19.7 Å². The van der Waals surface area contributed by atoms with Crippen LogP contribution in [0.15, 0.2) is 42.5 Å². The predicted molar refractivity (Wildman–Crippen MR) is 115 cm³/mol. The first-order valence-electron chi connectivity index (χ1n) is 10.4. The van der Waals surface area contributed by atoms with Crippen molar-refractivity contribution < 1.29 is 23.8 Å². The highest BCUT2D eigenvalue weighted by Crippen LogP contribution is 2.38. The number of aromatic nitrogens is 1. The normalized spacial score (nSPS) is 14.7. The lowest BCUT2D eigenvalue weighted by Crippen LogP contribution is -2.39. The highest BCUT2D eigenvalue weighted by Gasteiger charge is 2.29. The number of aliphatic carboxylic acids is 1. The van der Waals surface area contributed by atoms with Crippen LogP contribution in [-0.4, -0.2) is 39.7 Å². The number of carboxylic acid groups (broad SMARTS) is 1. The predicted octanol–water partition coefficient (Wildman–Crippen LogP) is 4.86. The van der Waals surface area contributed by atoms with Gasteiger partial charge in [0, 0.05) is 29.7 Å². The van der Waals surface area contributed by atoms with E-state index in [4.69, 9.17) is 4.74 Å². The average molecular weight is 424 g/mol. The van der Waals surface area contributed by atoms with E-state index < -0.39 is 5.97 Å². The zero-order valence-corrected chi connectivity index (χ0v) is 17.6. The van der Waals surface area contributed by atoms with E-state index >= 15 is 0 Å². The molecule has 1 N–H and O–H groups in total. The molecule has 4 rings (SSSR count). The van der Waals surface area contributed by atoms with Gasteiger partial charge in [0.2, 0.25) is 0 Å². The van der Waals surface area contributed by atoms with Crippen molar-refractivity contribution in [1.29, 1.82) is 0 Å². The maximum atomic E-state index is 14.0. The number of carboxylic acids is 1. The summed E-state index contributed by atoms with van der Waals surface area (Å²) >= 11 is 0. The molecule has 0 saturated carbocycles. The number of amides is 1. The van der Waals surface area contributed by atoms with E-state index in [0.29, 0.717) is 31.7 Å². The first kappa shape index (κ1) is 20.9. The van der Waals surface area contributed by atoms with Crippen LogP contribution in [0.1, 0.15) is 35.6 Å². The molecule has 2 aromatic carbocycles. The van der Waals surface area contributed by atoms with Crippen LogP contribution < -0.4 is 4.74 Å². The fourth-order valence-corrected chi connectivity index (χ4v) is 4.46. The molecule has 31 heavy (non-hydrogen) atoms. The van der Waals surface area contributed by atoms with Crippen molar-refractivity contribution in [2.24, 2.45) is 0 Å². The highest BCUT2D eigenvalue weighted by molar-refractivity contribution is 5.87. The molecule has 1 aromatic heterocycles. The van der Waals surface area contributed by atoms with Crippen molar-refractivity contribution in [2.45, 2.75) is 39.2 Å². The molecule has 1 saturated heterocycles. The number of rotatable bonds is 4. The van der Waals surface area contributed by atoms with Crippen molar-refractivity contribution >= 4 is 23.0 Å².